The van der Waals surface area contributed by atoms with Crippen LogP contribution in [0.25, 0.3) is 0 Å². The minimum atomic E-state index is -3.23. The molecule has 2 rings (SSSR count). The summed E-state index contributed by atoms with van der Waals surface area (Å²) in [6, 6.07) is 9.75. The Balaban J connectivity index is 1.72. The second-order valence-corrected chi connectivity index (χ2v) is 7.91. The van der Waals surface area contributed by atoms with Gasteiger partial charge in [0.1, 0.15) is 0 Å². The van der Waals surface area contributed by atoms with E-state index in [1.165, 1.54) is 0 Å². The number of ether oxygens (including phenoxy) is 1. The summed E-state index contributed by atoms with van der Waals surface area (Å²) in [6.45, 7) is 4.98. The first-order valence-electron chi connectivity index (χ1n) is 7.86. The fraction of sp³-hybridized carbons (Fsp3) is 0.625. The molecule has 124 valence electrons. The van der Waals surface area contributed by atoms with E-state index in [-0.39, 0.29) is 23.9 Å². The molecule has 0 bridgehead atoms. The predicted octanol–water partition coefficient (Wildman–Crippen LogP) is 2.22. The standard InChI is InChI=1S/C16H26N2O3S/c1-13-10-15(11-14(2)21-13)12-22(19,20)18-9-8-17-16-6-4-3-5-7-16/h3-7,13-15,17-18H,8-12H2,1-2H3/t13-,14+,15?. The van der Waals surface area contributed by atoms with Gasteiger partial charge in [-0.15, -0.1) is 0 Å². The maximum atomic E-state index is 12.1. The largest absolute Gasteiger partial charge is 0.384 e. The zero-order valence-electron chi connectivity index (χ0n) is 13.3. The molecule has 1 aromatic rings. The predicted molar refractivity (Wildman–Crippen MR) is 89.5 cm³/mol. The highest BCUT2D eigenvalue weighted by atomic mass is 32.2. The average Bonchev–Trinajstić information content (AvgIpc) is 2.43. The molecule has 0 spiro atoms. The van der Waals surface area contributed by atoms with Crippen molar-refractivity contribution in [3.63, 3.8) is 0 Å². The molecule has 22 heavy (non-hydrogen) atoms. The number of anilines is 1. The number of hydrogen-bond donors (Lipinski definition) is 2. The van der Waals surface area contributed by atoms with Crippen molar-refractivity contribution in [3.05, 3.63) is 30.3 Å². The molecule has 3 atom stereocenters. The lowest BCUT2D eigenvalue weighted by Crippen LogP contribution is -2.37. The molecule has 0 amide bonds. The maximum Gasteiger partial charge on any atom is 0.211 e. The van der Waals surface area contributed by atoms with Crippen molar-refractivity contribution in [2.45, 2.75) is 38.9 Å². The highest BCUT2D eigenvalue weighted by Gasteiger charge is 2.28. The first kappa shape index (κ1) is 17.2. The number of rotatable bonds is 7. The Morgan fingerprint density at radius 2 is 1.73 bits per heavy atom. The van der Waals surface area contributed by atoms with E-state index in [4.69, 9.17) is 4.74 Å². The summed E-state index contributed by atoms with van der Waals surface area (Å²) in [7, 11) is -3.23. The van der Waals surface area contributed by atoms with Crippen LogP contribution < -0.4 is 10.0 Å². The molecule has 1 saturated heterocycles. The van der Waals surface area contributed by atoms with E-state index in [9.17, 15) is 8.42 Å². The summed E-state index contributed by atoms with van der Waals surface area (Å²) in [5.74, 6) is 0.370. The number of hydrogen-bond acceptors (Lipinski definition) is 4. The quantitative estimate of drug-likeness (QED) is 0.754. The molecule has 0 saturated carbocycles. The maximum absolute atomic E-state index is 12.1. The van der Waals surface area contributed by atoms with Crippen LogP contribution in [0, 0.1) is 5.92 Å². The van der Waals surface area contributed by atoms with Crippen molar-refractivity contribution in [3.8, 4) is 0 Å². The summed E-state index contributed by atoms with van der Waals surface area (Å²) >= 11 is 0. The molecule has 5 nitrogen and oxygen atoms in total. The minimum absolute atomic E-state index is 0.142. The van der Waals surface area contributed by atoms with Gasteiger partial charge < -0.3 is 10.1 Å². The molecular formula is C16H26N2O3S. The third-order valence-corrected chi connectivity index (χ3v) is 5.35. The summed E-state index contributed by atoms with van der Waals surface area (Å²) in [4.78, 5) is 0. The Kier molecular flexibility index (Phi) is 6.23. The van der Waals surface area contributed by atoms with Gasteiger partial charge >= 0.3 is 0 Å². The molecule has 1 aliphatic heterocycles. The van der Waals surface area contributed by atoms with E-state index >= 15 is 0 Å². The Morgan fingerprint density at radius 3 is 2.36 bits per heavy atom. The third-order valence-electron chi connectivity index (χ3n) is 3.80. The molecule has 0 aromatic heterocycles. The summed E-state index contributed by atoms with van der Waals surface area (Å²) in [5.41, 5.74) is 0.994. The van der Waals surface area contributed by atoms with Crippen molar-refractivity contribution in [2.75, 3.05) is 24.2 Å². The summed E-state index contributed by atoms with van der Waals surface area (Å²) < 4.78 is 32.6. The third kappa shape index (κ3) is 5.94. The van der Waals surface area contributed by atoms with E-state index in [1.54, 1.807) is 0 Å². The zero-order chi connectivity index (χ0) is 16.0. The lowest BCUT2D eigenvalue weighted by molar-refractivity contribution is -0.0479. The smallest absolute Gasteiger partial charge is 0.211 e. The molecule has 1 aromatic carbocycles. The topological polar surface area (TPSA) is 67.4 Å². The Bertz CT molecular complexity index is 538. The van der Waals surface area contributed by atoms with Crippen LogP contribution in [0.4, 0.5) is 5.69 Å². The first-order valence-corrected chi connectivity index (χ1v) is 9.51. The van der Waals surface area contributed by atoms with E-state index in [1.807, 2.05) is 44.2 Å². The van der Waals surface area contributed by atoms with E-state index in [0.29, 0.717) is 13.1 Å². The SMILES string of the molecule is C[C@@H]1CC(CS(=O)(=O)NCCNc2ccccc2)C[C@H](C)O1. The fourth-order valence-electron chi connectivity index (χ4n) is 3.02. The van der Waals surface area contributed by atoms with Crippen LogP contribution in [0.1, 0.15) is 26.7 Å². The number of nitrogens with one attached hydrogen (secondary N) is 2. The van der Waals surface area contributed by atoms with Crippen LogP contribution in [0.15, 0.2) is 30.3 Å². The van der Waals surface area contributed by atoms with Crippen molar-refractivity contribution in [1.82, 2.24) is 4.72 Å². The molecular weight excluding hydrogens is 300 g/mol. The lowest BCUT2D eigenvalue weighted by atomic mass is 9.94. The fourth-order valence-corrected chi connectivity index (χ4v) is 4.44. The van der Waals surface area contributed by atoms with Gasteiger partial charge in [0.05, 0.1) is 18.0 Å². The van der Waals surface area contributed by atoms with Crippen molar-refractivity contribution < 1.29 is 13.2 Å². The van der Waals surface area contributed by atoms with Gasteiger partial charge in [-0.1, -0.05) is 18.2 Å². The summed E-state index contributed by atoms with van der Waals surface area (Å²) in [6.07, 6.45) is 1.91. The van der Waals surface area contributed by atoms with E-state index < -0.39 is 10.0 Å². The molecule has 1 heterocycles. The molecule has 1 fully saturated rings. The van der Waals surface area contributed by atoms with Gasteiger partial charge in [0.2, 0.25) is 10.0 Å². The number of para-hydroxylation sites is 1. The van der Waals surface area contributed by atoms with Gasteiger partial charge in [0.25, 0.3) is 0 Å². The summed E-state index contributed by atoms with van der Waals surface area (Å²) in [5, 5.41) is 3.19. The Hall–Kier alpha value is -1.11. The van der Waals surface area contributed by atoms with Crippen LogP contribution >= 0.6 is 0 Å². The van der Waals surface area contributed by atoms with Crippen molar-refractivity contribution in [1.29, 1.82) is 0 Å². The van der Waals surface area contributed by atoms with Gasteiger partial charge in [-0.05, 0) is 44.7 Å². The first-order chi connectivity index (χ1) is 10.4. The van der Waals surface area contributed by atoms with Gasteiger partial charge in [0.15, 0.2) is 0 Å². The second kappa shape index (κ2) is 7.94. The molecule has 1 unspecified atom stereocenters. The highest BCUT2D eigenvalue weighted by Crippen LogP contribution is 2.25. The van der Waals surface area contributed by atoms with Crippen molar-refractivity contribution >= 4 is 15.7 Å². The van der Waals surface area contributed by atoms with Gasteiger partial charge in [-0.2, -0.15) is 0 Å². The van der Waals surface area contributed by atoms with E-state index in [0.717, 1.165) is 18.5 Å². The number of benzene rings is 1. The molecule has 6 heteroatoms. The molecule has 1 aliphatic rings. The van der Waals surface area contributed by atoms with Crippen molar-refractivity contribution in [2.24, 2.45) is 5.92 Å². The van der Waals surface area contributed by atoms with Crippen LogP contribution in [-0.4, -0.2) is 39.5 Å². The molecule has 0 radical (unpaired) electrons. The highest BCUT2D eigenvalue weighted by molar-refractivity contribution is 7.89. The van der Waals surface area contributed by atoms with Gasteiger partial charge in [-0.3, -0.25) is 0 Å². The minimum Gasteiger partial charge on any atom is -0.384 e. The molecule has 2 N–H and O–H groups in total. The Morgan fingerprint density at radius 1 is 1.09 bits per heavy atom. The van der Waals surface area contributed by atoms with Gasteiger partial charge in [-0.25, -0.2) is 13.1 Å². The van der Waals surface area contributed by atoms with E-state index in [2.05, 4.69) is 10.0 Å². The van der Waals surface area contributed by atoms with Gasteiger partial charge in [0, 0.05) is 18.8 Å². The number of sulfonamides is 1. The van der Waals surface area contributed by atoms with Crippen LogP contribution in [-0.2, 0) is 14.8 Å². The normalized spacial score (nSPS) is 25.8. The van der Waals surface area contributed by atoms with Crippen LogP contribution in [0.3, 0.4) is 0 Å². The lowest BCUT2D eigenvalue weighted by Gasteiger charge is -2.31. The monoisotopic (exact) mass is 326 g/mol. The second-order valence-electron chi connectivity index (χ2n) is 6.06. The average molecular weight is 326 g/mol. The van der Waals surface area contributed by atoms with Crippen LogP contribution in [0.5, 0.6) is 0 Å². The zero-order valence-corrected chi connectivity index (χ0v) is 14.1. The Labute approximate surface area is 133 Å². The molecule has 0 aliphatic carbocycles. The van der Waals surface area contributed by atoms with Crippen LogP contribution in [0.2, 0.25) is 0 Å².